The van der Waals surface area contributed by atoms with E-state index in [9.17, 15) is 0 Å². The molecule has 0 radical (unpaired) electrons. The maximum atomic E-state index is 6.30. The fourth-order valence-corrected chi connectivity index (χ4v) is 8.20. The van der Waals surface area contributed by atoms with Crippen LogP contribution in [0.2, 0.25) is 0 Å². The van der Waals surface area contributed by atoms with Crippen molar-refractivity contribution in [1.82, 2.24) is 15.0 Å². The third-order valence-corrected chi connectivity index (χ3v) is 10.7. The number of rotatable bonds is 5. The van der Waals surface area contributed by atoms with E-state index < -0.39 is 0 Å². The fourth-order valence-electron chi connectivity index (χ4n) is 8.20. The summed E-state index contributed by atoms with van der Waals surface area (Å²) in [5.74, 6) is 1.80. The molecule has 0 aliphatic heterocycles. The van der Waals surface area contributed by atoms with Crippen LogP contribution in [0.5, 0.6) is 0 Å². The largest absolute Gasteiger partial charge is 0.456 e. The van der Waals surface area contributed by atoms with Gasteiger partial charge in [-0.15, -0.1) is 0 Å². The number of hydrogen-bond donors (Lipinski definition) is 0. The quantitative estimate of drug-likeness (QED) is 0.168. The van der Waals surface area contributed by atoms with Gasteiger partial charge in [-0.1, -0.05) is 164 Å². The molecule has 0 aliphatic carbocycles. The van der Waals surface area contributed by atoms with E-state index in [0.29, 0.717) is 17.5 Å². The van der Waals surface area contributed by atoms with Gasteiger partial charge in [-0.25, -0.2) is 15.0 Å². The second kappa shape index (κ2) is 12.6. The van der Waals surface area contributed by atoms with Gasteiger partial charge >= 0.3 is 0 Å². The van der Waals surface area contributed by atoms with E-state index in [0.717, 1.165) is 55.3 Å². The van der Waals surface area contributed by atoms with Gasteiger partial charge in [0, 0.05) is 27.5 Å². The molecule has 0 unspecified atom stereocenters. The number of furan rings is 1. The highest BCUT2D eigenvalue weighted by Gasteiger charge is 2.20. The minimum atomic E-state index is 0.591. The van der Waals surface area contributed by atoms with Crippen molar-refractivity contribution in [3.8, 4) is 56.4 Å². The van der Waals surface area contributed by atoms with Crippen molar-refractivity contribution in [3.05, 3.63) is 188 Å². The van der Waals surface area contributed by atoms with Crippen LogP contribution in [0, 0.1) is 0 Å². The van der Waals surface area contributed by atoms with Crippen molar-refractivity contribution >= 4 is 54.3 Å². The van der Waals surface area contributed by atoms with E-state index in [1.54, 1.807) is 0 Å². The van der Waals surface area contributed by atoms with Crippen LogP contribution in [-0.4, -0.2) is 15.0 Å². The highest BCUT2D eigenvalue weighted by Crippen LogP contribution is 2.41. The zero-order valence-electron chi connectivity index (χ0n) is 29.6. The Balaban J connectivity index is 1.15. The maximum Gasteiger partial charge on any atom is 0.164 e. The molecule has 0 aliphatic rings. The average Bonchev–Trinajstić information content (AvgIpc) is 3.65. The summed E-state index contributed by atoms with van der Waals surface area (Å²) in [6, 6.07) is 65.8. The third kappa shape index (κ3) is 5.19. The van der Waals surface area contributed by atoms with Gasteiger partial charge in [0.15, 0.2) is 17.5 Å². The molecule has 0 saturated heterocycles. The van der Waals surface area contributed by atoms with Gasteiger partial charge in [-0.05, 0) is 78.8 Å². The summed E-state index contributed by atoms with van der Waals surface area (Å²) in [5, 5.41) is 9.44. The highest BCUT2D eigenvalue weighted by atomic mass is 16.3. The number of nitrogens with zero attached hydrogens (tertiary/aromatic N) is 3. The smallest absolute Gasteiger partial charge is 0.164 e. The van der Waals surface area contributed by atoms with Crippen LogP contribution in [0.15, 0.2) is 192 Å². The van der Waals surface area contributed by atoms with Gasteiger partial charge < -0.3 is 4.42 Å². The molecule has 0 saturated carbocycles. The lowest BCUT2D eigenvalue weighted by atomic mass is 9.90. The first kappa shape index (κ1) is 31.1. The highest BCUT2D eigenvalue weighted by molar-refractivity contribution is 6.23. The maximum absolute atomic E-state index is 6.30. The number of aromatic nitrogens is 3. The standard InChI is InChI=1S/C51H31N3O/c1-2-14-32(15-3-1)37-19-6-9-23-41(37)50-52-49(53-51(54-50)43-25-13-27-46-48(43)42-24-10-11-26-45(42)55-46)36-18-12-17-34(30-36)44-31-35-29-28-33-16-4-5-20-38(33)47(35)40-22-8-7-21-39(40)44/h1-31H. The Morgan fingerprint density at radius 3 is 1.75 bits per heavy atom. The first-order valence-electron chi connectivity index (χ1n) is 18.5. The summed E-state index contributed by atoms with van der Waals surface area (Å²) in [5.41, 5.74) is 8.79. The van der Waals surface area contributed by atoms with Crippen LogP contribution in [-0.2, 0) is 0 Å². The van der Waals surface area contributed by atoms with E-state index in [1.807, 2.05) is 42.5 Å². The molecular formula is C51H31N3O. The van der Waals surface area contributed by atoms with Crippen molar-refractivity contribution in [2.24, 2.45) is 0 Å². The Bertz CT molecular complexity index is 3270. The molecule has 2 heterocycles. The number of para-hydroxylation sites is 1. The number of benzene rings is 9. The second-order valence-electron chi connectivity index (χ2n) is 13.9. The summed E-state index contributed by atoms with van der Waals surface area (Å²) in [6.45, 7) is 0. The molecule has 0 amide bonds. The minimum absolute atomic E-state index is 0.591. The Hall–Kier alpha value is -7.43. The summed E-state index contributed by atoms with van der Waals surface area (Å²) >= 11 is 0. The van der Waals surface area contributed by atoms with Crippen molar-refractivity contribution < 1.29 is 4.42 Å². The first-order chi connectivity index (χ1) is 27.3. The van der Waals surface area contributed by atoms with E-state index in [-0.39, 0.29) is 0 Å². The lowest BCUT2D eigenvalue weighted by Crippen LogP contribution is -2.01. The zero-order valence-corrected chi connectivity index (χ0v) is 29.6. The Labute approximate surface area is 317 Å². The van der Waals surface area contributed by atoms with Crippen LogP contribution in [0.25, 0.3) is 111 Å². The van der Waals surface area contributed by atoms with E-state index in [2.05, 4.69) is 146 Å². The third-order valence-electron chi connectivity index (χ3n) is 10.7. The van der Waals surface area contributed by atoms with Crippen molar-refractivity contribution in [2.75, 3.05) is 0 Å². The lowest BCUT2D eigenvalue weighted by molar-refractivity contribution is 0.669. The molecule has 11 rings (SSSR count). The van der Waals surface area contributed by atoms with Gasteiger partial charge in [0.1, 0.15) is 11.2 Å². The second-order valence-corrected chi connectivity index (χ2v) is 13.9. The average molecular weight is 702 g/mol. The van der Waals surface area contributed by atoms with E-state index in [1.165, 1.54) is 37.9 Å². The summed E-state index contributed by atoms with van der Waals surface area (Å²) < 4.78 is 6.30. The van der Waals surface area contributed by atoms with Crippen LogP contribution in [0.1, 0.15) is 0 Å². The van der Waals surface area contributed by atoms with Gasteiger partial charge in [-0.2, -0.15) is 0 Å². The monoisotopic (exact) mass is 701 g/mol. The van der Waals surface area contributed by atoms with Crippen LogP contribution < -0.4 is 0 Å². The van der Waals surface area contributed by atoms with Crippen molar-refractivity contribution in [3.63, 3.8) is 0 Å². The predicted molar refractivity (Wildman–Crippen MR) is 227 cm³/mol. The van der Waals surface area contributed by atoms with E-state index in [4.69, 9.17) is 19.4 Å². The van der Waals surface area contributed by atoms with Crippen LogP contribution in [0.3, 0.4) is 0 Å². The molecule has 0 fully saturated rings. The van der Waals surface area contributed by atoms with Gasteiger partial charge in [0.25, 0.3) is 0 Å². The molecule has 2 aromatic heterocycles. The number of hydrogen-bond acceptors (Lipinski definition) is 4. The number of fused-ring (bicyclic) bond motifs is 8. The molecular weight excluding hydrogens is 671 g/mol. The topological polar surface area (TPSA) is 51.8 Å². The molecule has 0 atom stereocenters. The molecule has 9 aromatic carbocycles. The predicted octanol–water partition coefficient (Wildman–Crippen LogP) is 13.6. The van der Waals surface area contributed by atoms with Crippen LogP contribution in [0.4, 0.5) is 0 Å². The first-order valence-corrected chi connectivity index (χ1v) is 18.5. The lowest BCUT2D eigenvalue weighted by Gasteiger charge is -2.15. The Morgan fingerprint density at radius 1 is 0.291 bits per heavy atom. The van der Waals surface area contributed by atoms with Gasteiger partial charge in [0.2, 0.25) is 0 Å². The molecule has 0 bridgehead atoms. The molecule has 256 valence electrons. The van der Waals surface area contributed by atoms with E-state index >= 15 is 0 Å². The normalized spacial score (nSPS) is 11.6. The van der Waals surface area contributed by atoms with Crippen molar-refractivity contribution in [2.45, 2.75) is 0 Å². The van der Waals surface area contributed by atoms with Gasteiger partial charge in [0.05, 0.1) is 0 Å². The molecule has 0 N–H and O–H groups in total. The summed E-state index contributed by atoms with van der Waals surface area (Å²) in [7, 11) is 0. The minimum Gasteiger partial charge on any atom is -0.456 e. The summed E-state index contributed by atoms with van der Waals surface area (Å²) in [4.78, 5) is 15.7. The molecule has 0 spiro atoms. The molecule has 11 aromatic rings. The Morgan fingerprint density at radius 2 is 0.873 bits per heavy atom. The van der Waals surface area contributed by atoms with Crippen molar-refractivity contribution in [1.29, 1.82) is 0 Å². The van der Waals surface area contributed by atoms with Crippen LogP contribution >= 0.6 is 0 Å². The Kier molecular flexibility index (Phi) is 7.14. The zero-order chi connectivity index (χ0) is 36.3. The fraction of sp³-hybridized carbons (Fsp3) is 0. The molecule has 4 nitrogen and oxygen atoms in total. The van der Waals surface area contributed by atoms with Gasteiger partial charge in [-0.3, -0.25) is 0 Å². The SMILES string of the molecule is c1ccc(-c2ccccc2-c2nc(-c3cccc(-c4cc5ccc6ccccc6c5c5ccccc45)c3)nc(-c3cccc4oc5ccccc5c34)n2)cc1. The molecule has 55 heavy (non-hydrogen) atoms. The molecule has 4 heteroatoms. The summed E-state index contributed by atoms with van der Waals surface area (Å²) in [6.07, 6.45) is 0.